The van der Waals surface area contributed by atoms with Crippen LogP contribution in [0.2, 0.25) is 0 Å². The van der Waals surface area contributed by atoms with E-state index in [1.165, 1.54) is 0 Å². The maximum absolute atomic E-state index is 12.0. The highest BCUT2D eigenvalue weighted by Gasteiger charge is 2.39. The van der Waals surface area contributed by atoms with Gasteiger partial charge in [-0.3, -0.25) is 4.79 Å². The van der Waals surface area contributed by atoms with Crippen molar-refractivity contribution in [3.63, 3.8) is 0 Å². The van der Waals surface area contributed by atoms with Gasteiger partial charge in [-0.25, -0.2) is 0 Å². The Bertz CT molecular complexity index is 256. The van der Waals surface area contributed by atoms with Gasteiger partial charge >= 0.3 is 0 Å². The van der Waals surface area contributed by atoms with E-state index in [9.17, 15) is 4.79 Å². The molecule has 0 radical (unpaired) electrons. The van der Waals surface area contributed by atoms with E-state index >= 15 is 0 Å². The summed E-state index contributed by atoms with van der Waals surface area (Å²) < 4.78 is 10.9. The molecule has 0 saturated carbocycles. The molecule has 92 valence electrons. The van der Waals surface area contributed by atoms with Crippen molar-refractivity contribution in [3.05, 3.63) is 0 Å². The fraction of sp³-hybridized carbons (Fsp3) is 0.909. The molecule has 2 saturated heterocycles. The first-order valence-electron chi connectivity index (χ1n) is 5.90. The normalized spacial score (nSPS) is 30.5. The maximum atomic E-state index is 12.0. The van der Waals surface area contributed by atoms with Gasteiger partial charge in [0.25, 0.3) is 0 Å². The summed E-state index contributed by atoms with van der Waals surface area (Å²) in [6, 6.07) is 0. The molecule has 0 aromatic rings. The molecule has 2 atom stereocenters. The Morgan fingerprint density at radius 3 is 2.56 bits per heavy atom. The highest BCUT2D eigenvalue weighted by Crippen LogP contribution is 2.19. The van der Waals surface area contributed by atoms with Gasteiger partial charge in [0.1, 0.15) is 12.2 Å². The molecule has 0 bridgehead atoms. The van der Waals surface area contributed by atoms with Crippen molar-refractivity contribution < 1.29 is 14.3 Å². The summed E-state index contributed by atoms with van der Waals surface area (Å²) in [5, 5.41) is 3.12. The van der Waals surface area contributed by atoms with Crippen LogP contribution in [0, 0.1) is 5.92 Å². The molecule has 2 fully saturated rings. The standard InChI is InChI=1S/C11H20N2O3/c1-3-16-10-7-13(6-9(10)15-2)11(14)8-4-12-5-8/h8-10,12H,3-7H2,1-2H3/t9-,10-/m0/s1. The highest BCUT2D eigenvalue weighted by atomic mass is 16.5. The largest absolute Gasteiger partial charge is 0.377 e. The molecular formula is C11H20N2O3. The molecule has 0 aromatic heterocycles. The smallest absolute Gasteiger partial charge is 0.228 e. The molecule has 0 unspecified atom stereocenters. The van der Waals surface area contributed by atoms with Gasteiger partial charge in [0.05, 0.1) is 5.92 Å². The molecule has 2 aliphatic heterocycles. The highest BCUT2D eigenvalue weighted by molar-refractivity contribution is 5.80. The number of carbonyl (C=O) groups excluding carboxylic acids is 1. The summed E-state index contributed by atoms with van der Waals surface area (Å²) >= 11 is 0. The lowest BCUT2D eigenvalue weighted by Crippen LogP contribution is -2.51. The van der Waals surface area contributed by atoms with Gasteiger partial charge in [0.2, 0.25) is 5.91 Å². The Hall–Kier alpha value is -0.650. The zero-order valence-electron chi connectivity index (χ0n) is 9.94. The van der Waals surface area contributed by atoms with Crippen LogP contribution in [0.15, 0.2) is 0 Å². The van der Waals surface area contributed by atoms with Gasteiger partial charge in [0, 0.05) is 39.9 Å². The number of carbonyl (C=O) groups is 1. The number of ether oxygens (including phenoxy) is 2. The van der Waals surface area contributed by atoms with Crippen molar-refractivity contribution in [3.8, 4) is 0 Å². The van der Waals surface area contributed by atoms with Crippen LogP contribution < -0.4 is 5.32 Å². The van der Waals surface area contributed by atoms with Crippen LogP contribution in [-0.2, 0) is 14.3 Å². The number of amides is 1. The summed E-state index contributed by atoms with van der Waals surface area (Å²) in [7, 11) is 1.68. The van der Waals surface area contributed by atoms with Crippen molar-refractivity contribution in [2.75, 3.05) is 39.9 Å². The monoisotopic (exact) mass is 228 g/mol. The first-order valence-corrected chi connectivity index (χ1v) is 5.90. The number of hydrogen-bond acceptors (Lipinski definition) is 4. The van der Waals surface area contributed by atoms with E-state index in [-0.39, 0.29) is 24.0 Å². The third-order valence-electron chi connectivity index (χ3n) is 3.34. The fourth-order valence-electron chi connectivity index (χ4n) is 2.25. The van der Waals surface area contributed by atoms with Crippen LogP contribution in [0.5, 0.6) is 0 Å². The van der Waals surface area contributed by atoms with Gasteiger partial charge in [-0.15, -0.1) is 0 Å². The van der Waals surface area contributed by atoms with Crippen LogP contribution >= 0.6 is 0 Å². The molecule has 0 aliphatic carbocycles. The molecule has 16 heavy (non-hydrogen) atoms. The van der Waals surface area contributed by atoms with Crippen molar-refractivity contribution in [1.82, 2.24) is 10.2 Å². The van der Waals surface area contributed by atoms with Crippen molar-refractivity contribution in [2.45, 2.75) is 19.1 Å². The number of nitrogens with one attached hydrogen (secondary N) is 1. The van der Waals surface area contributed by atoms with Crippen molar-refractivity contribution in [1.29, 1.82) is 0 Å². The third-order valence-corrected chi connectivity index (χ3v) is 3.34. The zero-order valence-corrected chi connectivity index (χ0v) is 9.94. The lowest BCUT2D eigenvalue weighted by molar-refractivity contribution is -0.136. The van der Waals surface area contributed by atoms with E-state index < -0.39 is 0 Å². The number of methoxy groups -OCH3 is 1. The summed E-state index contributed by atoms with van der Waals surface area (Å²) in [5.41, 5.74) is 0. The van der Waals surface area contributed by atoms with E-state index in [1.807, 2.05) is 11.8 Å². The van der Waals surface area contributed by atoms with E-state index in [0.29, 0.717) is 19.7 Å². The van der Waals surface area contributed by atoms with E-state index in [1.54, 1.807) is 7.11 Å². The molecule has 2 rings (SSSR count). The fourth-order valence-corrected chi connectivity index (χ4v) is 2.25. The van der Waals surface area contributed by atoms with Gasteiger partial charge in [-0.05, 0) is 6.92 Å². The molecular weight excluding hydrogens is 208 g/mol. The molecule has 0 aromatic carbocycles. The lowest BCUT2D eigenvalue weighted by atomic mass is 10.0. The Morgan fingerprint density at radius 2 is 2.06 bits per heavy atom. The van der Waals surface area contributed by atoms with E-state index in [4.69, 9.17) is 9.47 Å². The minimum Gasteiger partial charge on any atom is -0.377 e. The third kappa shape index (κ3) is 2.21. The van der Waals surface area contributed by atoms with Crippen LogP contribution in [0.1, 0.15) is 6.92 Å². The average molecular weight is 228 g/mol. The van der Waals surface area contributed by atoms with Crippen molar-refractivity contribution in [2.24, 2.45) is 5.92 Å². The average Bonchev–Trinajstić information content (AvgIpc) is 2.59. The molecule has 5 nitrogen and oxygen atoms in total. The molecule has 5 heteroatoms. The minimum atomic E-state index is 0.0249. The lowest BCUT2D eigenvalue weighted by Gasteiger charge is -2.30. The van der Waals surface area contributed by atoms with Gasteiger partial charge < -0.3 is 19.7 Å². The molecule has 0 spiro atoms. The summed E-state index contributed by atoms with van der Waals surface area (Å²) in [6.07, 6.45) is 0.0592. The van der Waals surface area contributed by atoms with Crippen LogP contribution in [0.3, 0.4) is 0 Å². The topological polar surface area (TPSA) is 50.8 Å². The Labute approximate surface area is 96.1 Å². The van der Waals surface area contributed by atoms with Gasteiger partial charge in [-0.1, -0.05) is 0 Å². The quantitative estimate of drug-likeness (QED) is 0.702. The van der Waals surface area contributed by atoms with Crippen LogP contribution in [0.4, 0.5) is 0 Å². The number of hydrogen-bond donors (Lipinski definition) is 1. The van der Waals surface area contributed by atoms with Crippen LogP contribution in [0.25, 0.3) is 0 Å². The SMILES string of the molecule is CCO[C@H]1CN(C(=O)C2CNC2)C[C@@H]1OC. The van der Waals surface area contributed by atoms with Gasteiger partial charge in [0.15, 0.2) is 0 Å². The number of likely N-dealkylation sites (tertiary alicyclic amines) is 1. The molecule has 1 amide bonds. The Morgan fingerprint density at radius 1 is 1.38 bits per heavy atom. The van der Waals surface area contributed by atoms with Gasteiger partial charge in [-0.2, -0.15) is 0 Å². The molecule has 1 N–H and O–H groups in total. The second-order valence-electron chi connectivity index (χ2n) is 4.37. The first kappa shape index (κ1) is 11.8. The van der Waals surface area contributed by atoms with Crippen LogP contribution in [-0.4, -0.2) is 62.9 Å². The number of nitrogens with zero attached hydrogens (tertiary/aromatic N) is 1. The summed E-state index contributed by atoms with van der Waals surface area (Å²) in [4.78, 5) is 13.9. The minimum absolute atomic E-state index is 0.0249. The van der Waals surface area contributed by atoms with E-state index in [0.717, 1.165) is 13.1 Å². The Balaban J connectivity index is 1.90. The summed E-state index contributed by atoms with van der Waals surface area (Å²) in [5.74, 6) is 0.404. The second-order valence-corrected chi connectivity index (χ2v) is 4.37. The zero-order chi connectivity index (χ0) is 11.5. The van der Waals surface area contributed by atoms with E-state index in [2.05, 4.69) is 5.32 Å². The van der Waals surface area contributed by atoms with Crippen molar-refractivity contribution >= 4 is 5.91 Å². The predicted octanol–water partition coefficient (Wildman–Crippen LogP) is -0.532. The number of rotatable bonds is 4. The molecule has 2 aliphatic rings. The first-order chi connectivity index (χ1) is 7.76. The second kappa shape index (κ2) is 5.12. The molecule has 2 heterocycles. The predicted molar refractivity (Wildman–Crippen MR) is 59.2 cm³/mol. The summed E-state index contributed by atoms with van der Waals surface area (Å²) in [6.45, 7) is 5.58. The maximum Gasteiger partial charge on any atom is 0.228 e. The Kier molecular flexibility index (Phi) is 3.78.